The van der Waals surface area contributed by atoms with Gasteiger partial charge in [-0.15, -0.1) is 0 Å². The minimum absolute atomic E-state index is 0.192. The number of halogens is 1. The van der Waals surface area contributed by atoms with Gasteiger partial charge in [-0.05, 0) is 30.7 Å². The Kier molecular flexibility index (Phi) is 5.89. The molecule has 1 aromatic rings. The lowest BCUT2D eigenvalue weighted by Crippen LogP contribution is -2.41. The molecule has 1 saturated heterocycles. The molecule has 0 spiro atoms. The zero-order valence-corrected chi connectivity index (χ0v) is 15.8. The average molecular weight is 411 g/mol. The van der Waals surface area contributed by atoms with Crippen LogP contribution in [0.25, 0.3) is 6.08 Å². The Hall–Kier alpha value is -2.28. The molecule has 0 unspecified atom stereocenters. The number of cyclic esters (lactones) is 2. The molecule has 6 nitrogen and oxygen atoms in total. The van der Waals surface area contributed by atoms with Crippen LogP contribution < -0.4 is 9.47 Å². The quantitative estimate of drug-likeness (QED) is 0.308. The summed E-state index contributed by atoms with van der Waals surface area (Å²) in [4.78, 5) is 24.2. The van der Waals surface area contributed by atoms with E-state index in [1.54, 1.807) is 18.2 Å². The van der Waals surface area contributed by atoms with E-state index in [1.807, 2.05) is 6.92 Å². The van der Waals surface area contributed by atoms with E-state index >= 15 is 0 Å². The number of hydrogen-bond acceptors (Lipinski definition) is 6. The van der Waals surface area contributed by atoms with Gasteiger partial charge in [-0.3, -0.25) is 0 Å². The summed E-state index contributed by atoms with van der Waals surface area (Å²) in [6.45, 7) is 9.19. The molecule has 0 saturated carbocycles. The van der Waals surface area contributed by atoms with Gasteiger partial charge in [0, 0.05) is 18.3 Å². The monoisotopic (exact) mass is 410 g/mol. The Morgan fingerprint density at radius 3 is 2.32 bits per heavy atom. The van der Waals surface area contributed by atoms with Crippen molar-refractivity contribution >= 4 is 33.9 Å². The number of carbonyl (C=O) groups is 2. The Bertz CT molecular complexity index is 713. The van der Waals surface area contributed by atoms with Crippen LogP contribution in [-0.4, -0.2) is 30.9 Å². The molecule has 0 aliphatic carbocycles. The zero-order chi connectivity index (χ0) is 18.6. The van der Waals surface area contributed by atoms with Crippen LogP contribution >= 0.6 is 15.9 Å². The number of rotatable bonds is 6. The van der Waals surface area contributed by atoms with Crippen molar-refractivity contribution in [3.63, 3.8) is 0 Å². The highest BCUT2D eigenvalue weighted by molar-refractivity contribution is 9.10. The van der Waals surface area contributed by atoms with E-state index in [9.17, 15) is 9.59 Å². The Balaban J connectivity index is 2.41. The fourth-order valence-corrected chi connectivity index (χ4v) is 2.56. The second kappa shape index (κ2) is 7.74. The van der Waals surface area contributed by atoms with Gasteiger partial charge in [0.25, 0.3) is 5.79 Å². The normalized spacial score (nSPS) is 15.9. The smallest absolute Gasteiger partial charge is 0.348 e. The molecule has 1 aromatic carbocycles. The lowest BCUT2D eigenvalue weighted by atomic mass is 10.1. The highest BCUT2D eigenvalue weighted by Gasteiger charge is 2.39. The van der Waals surface area contributed by atoms with Crippen LogP contribution in [0.3, 0.4) is 0 Å². The van der Waals surface area contributed by atoms with Crippen molar-refractivity contribution < 1.29 is 28.5 Å². The van der Waals surface area contributed by atoms with Gasteiger partial charge in [0.2, 0.25) is 0 Å². The highest BCUT2D eigenvalue weighted by Crippen LogP contribution is 2.35. The van der Waals surface area contributed by atoms with E-state index in [0.717, 1.165) is 0 Å². The zero-order valence-electron chi connectivity index (χ0n) is 14.3. The predicted octanol–water partition coefficient (Wildman–Crippen LogP) is 3.63. The van der Waals surface area contributed by atoms with E-state index in [1.165, 1.54) is 19.9 Å². The maximum absolute atomic E-state index is 12.1. The third-order valence-corrected chi connectivity index (χ3v) is 3.82. The topological polar surface area (TPSA) is 71.1 Å². The van der Waals surface area contributed by atoms with Crippen molar-refractivity contribution in [3.05, 3.63) is 40.4 Å². The third-order valence-electron chi connectivity index (χ3n) is 3.14. The Morgan fingerprint density at radius 1 is 1.16 bits per heavy atom. The van der Waals surface area contributed by atoms with Crippen LogP contribution in [0, 0.1) is 0 Å². The van der Waals surface area contributed by atoms with E-state index in [-0.39, 0.29) is 5.57 Å². The fourth-order valence-electron chi connectivity index (χ4n) is 2.13. The van der Waals surface area contributed by atoms with Gasteiger partial charge in [-0.2, -0.15) is 0 Å². The lowest BCUT2D eigenvalue weighted by molar-refractivity contribution is -0.222. The summed E-state index contributed by atoms with van der Waals surface area (Å²) >= 11 is 3.40. The molecule has 1 aliphatic heterocycles. The van der Waals surface area contributed by atoms with Crippen molar-refractivity contribution in [1.29, 1.82) is 0 Å². The number of benzene rings is 1. The molecule has 0 N–H and O–H groups in total. The standard InChI is InChI=1S/C18H19BrO6/c1-5-7-23-15-10-13(19)11(9-14(15)22-6-2)8-12-16(20)24-18(3,4)25-17(12)21/h5,8-10H,1,6-7H2,2-4H3. The first kappa shape index (κ1) is 19.1. The molecule has 0 atom stereocenters. The molecule has 1 fully saturated rings. The number of hydrogen-bond donors (Lipinski definition) is 0. The van der Waals surface area contributed by atoms with Crippen LogP contribution in [0.2, 0.25) is 0 Å². The molecule has 0 bridgehead atoms. The van der Waals surface area contributed by atoms with Gasteiger partial charge in [0.15, 0.2) is 11.5 Å². The lowest BCUT2D eigenvalue weighted by Gasteiger charge is -2.29. The Labute approximate surface area is 154 Å². The minimum atomic E-state index is -1.28. The van der Waals surface area contributed by atoms with E-state index < -0.39 is 17.7 Å². The second-order valence-corrected chi connectivity index (χ2v) is 6.44. The summed E-state index contributed by atoms with van der Waals surface area (Å²) in [6.07, 6.45) is 3.01. The Morgan fingerprint density at radius 2 is 1.76 bits per heavy atom. The first-order chi connectivity index (χ1) is 11.8. The average Bonchev–Trinajstić information content (AvgIpc) is 2.51. The van der Waals surface area contributed by atoms with Crippen molar-refractivity contribution in [2.45, 2.75) is 26.6 Å². The van der Waals surface area contributed by atoms with E-state index in [2.05, 4.69) is 22.5 Å². The fraction of sp³-hybridized carbons (Fsp3) is 0.333. The molecular weight excluding hydrogens is 392 g/mol. The maximum atomic E-state index is 12.1. The van der Waals surface area contributed by atoms with Gasteiger partial charge in [-0.25, -0.2) is 9.59 Å². The van der Waals surface area contributed by atoms with Gasteiger partial charge in [0.05, 0.1) is 6.61 Å². The summed E-state index contributed by atoms with van der Waals surface area (Å²) in [6, 6.07) is 3.36. The summed E-state index contributed by atoms with van der Waals surface area (Å²) in [5, 5.41) is 0. The molecule has 2 rings (SSSR count). The highest BCUT2D eigenvalue weighted by atomic mass is 79.9. The van der Waals surface area contributed by atoms with Gasteiger partial charge < -0.3 is 18.9 Å². The van der Waals surface area contributed by atoms with Crippen molar-refractivity contribution in [1.82, 2.24) is 0 Å². The minimum Gasteiger partial charge on any atom is -0.490 e. The number of carbonyl (C=O) groups excluding carboxylic acids is 2. The molecule has 0 amide bonds. The summed E-state index contributed by atoms with van der Waals surface area (Å²) in [5.74, 6) is -1.75. The summed E-state index contributed by atoms with van der Waals surface area (Å²) in [7, 11) is 0. The third kappa shape index (κ3) is 4.63. The van der Waals surface area contributed by atoms with Gasteiger partial charge >= 0.3 is 11.9 Å². The molecule has 1 aliphatic rings. The molecule has 25 heavy (non-hydrogen) atoms. The first-order valence-electron chi connectivity index (χ1n) is 7.65. The second-order valence-electron chi connectivity index (χ2n) is 5.59. The van der Waals surface area contributed by atoms with E-state index in [0.29, 0.717) is 34.7 Å². The first-order valence-corrected chi connectivity index (χ1v) is 8.45. The SMILES string of the molecule is C=CCOc1cc(Br)c(C=C2C(=O)OC(C)(C)OC2=O)cc1OCC. The molecule has 134 valence electrons. The van der Waals surface area contributed by atoms with Gasteiger partial charge in [-0.1, -0.05) is 28.6 Å². The molecule has 0 radical (unpaired) electrons. The van der Waals surface area contributed by atoms with Gasteiger partial charge in [0.1, 0.15) is 12.2 Å². The van der Waals surface area contributed by atoms with Crippen molar-refractivity contribution in [3.8, 4) is 11.5 Å². The largest absolute Gasteiger partial charge is 0.490 e. The predicted molar refractivity (Wildman–Crippen MR) is 95.2 cm³/mol. The van der Waals surface area contributed by atoms with Crippen LogP contribution in [-0.2, 0) is 19.1 Å². The molecule has 0 aromatic heterocycles. The van der Waals surface area contributed by atoms with Crippen LogP contribution in [0.5, 0.6) is 11.5 Å². The molecule has 7 heteroatoms. The van der Waals surface area contributed by atoms with E-state index in [4.69, 9.17) is 18.9 Å². The maximum Gasteiger partial charge on any atom is 0.348 e. The van der Waals surface area contributed by atoms with Crippen LogP contribution in [0.15, 0.2) is 34.8 Å². The molecule has 1 heterocycles. The number of ether oxygens (including phenoxy) is 4. The molecular formula is C18H19BrO6. The van der Waals surface area contributed by atoms with Crippen molar-refractivity contribution in [2.24, 2.45) is 0 Å². The van der Waals surface area contributed by atoms with Crippen molar-refractivity contribution in [2.75, 3.05) is 13.2 Å². The number of esters is 2. The summed E-state index contributed by atoms with van der Waals surface area (Å²) in [5.41, 5.74) is 0.361. The summed E-state index contributed by atoms with van der Waals surface area (Å²) < 4.78 is 21.9. The van der Waals surface area contributed by atoms with Crippen LogP contribution in [0.1, 0.15) is 26.3 Å². The van der Waals surface area contributed by atoms with Crippen LogP contribution in [0.4, 0.5) is 0 Å².